The van der Waals surface area contributed by atoms with E-state index in [1.807, 2.05) is 24.3 Å². The average Bonchev–Trinajstić information content (AvgIpc) is 2.90. The maximum atomic E-state index is 12.6. The molecule has 1 aromatic heterocycles. The molecular formula is C24H34N8O4. The Morgan fingerprint density at radius 3 is 2.28 bits per heavy atom. The quantitative estimate of drug-likeness (QED) is 0.400. The fourth-order valence-corrected chi connectivity index (χ4v) is 4.43. The van der Waals surface area contributed by atoms with Crippen molar-refractivity contribution in [2.45, 2.75) is 31.5 Å². The summed E-state index contributed by atoms with van der Waals surface area (Å²) in [6.45, 7) is 3.66. The second-order valence-corrected chi connectivity index (χ2v) is 9.28. The number of amides is 3. The van der Waals surface area contributed by atoms with Crippen LogP contribution in [0.3, 0.4) is 0 Å². The van der Waals surface area contributed by atoms with E-state index >= 15 is 0 Å². The molecule has 2 aliphatic rings. The molecule has 1 atom stereocenters. The van der Waals surface area contributed by atoms with Gasteiger partial charge < -0.3 is 26.4 Å². The van der Waals surface area contributed by atoms with Gasteiger partial charge in [0.1, 0.15) is 11.9 Å². The van der Waals surface area contributed by atoms with Gasteiger partial charge in [-0.2, -0.15) is 4.98 Å². The number of nitrogens with one attached hydrogen (secondary N) is 1. The van der Waals surface area contributed by atoms with E-state index in [9.17, 15) is 14.4 Å². The third kappa shape index (κ3) is 6.26. The van der Waals surface area contributed by atoms with E-state index in [4.69, 9.17) is 16.6 Å². The lowest BCUT2D eigenvalue weighted by Gasteiger charge is -2.35. The normalized spacial score (nSPS) is 18.2. The predicted octanol–water partition coefficient (Wildman–Crippen LogP) is -0.849. The van der Waals surface area contributed by atoms with Gasteiger partial charge in [0.15, 0.2) is 0 Å². The number of hydrogen-bond donors (Lipinski definition) is 4. The monoisotopic (exact) mass is 498 g/mol. The highest BCUT2D eigenvalue weighted by atomic mass is 16.3. The fourth-order valence-electron chi connectivity index (χ4n) is 4.43. The van der Waals surface area contributed by atoms with E-state index < -0.39 is 24.4 Å². The number of benzene rings is 1. The van der Waals surface area contributed by atoms with Gasteiger partial charge in [-0.1, -0.05) is 12.1 Å². The first-order valence-electron chi connectivity index (χ1n) is 12.2. The largest absolute Gasteiger partial charge is 0.394 e. The smallest absolute Gasteiger partial charge is 0.354 e. The molecule has 4 rings (SSSR count). The minimum Gasteiger partial charge on any atom is -0.394 e. The molecule has 0 spiro atoms. The van der Waals surface area contributed by atoms with Crippen molar-refractivity contribution in [3.63, 3.8) is 0 Å². The number of anilines is 1. The Labute approximate surface area is 209 Å². The molecule has 3 heterocycles. The van der Waals surface area contributed by atoms with Crippen molar-refractivity contribution in [1.82, 2.24) is 24.3 Å². The summed E-state index contributed by atoms with van der Waals surface area (Å²) in [5.41, 5.74) is 12.9. The van der Waals surface area contributed by atoms with Gasteiger partial charge >= 0.3 is 11.7 Å². The van der Waals surface area contributed by atoms with Gasteiger partial charge in [-0.15, -0.1) is 0 Å². The second kappa shape index (κ2) is 11.6. The Morgan fingerprint density at radius 2 is 1.67 bits per heavy atom. The zero-order chi connectivity index (χ0) is 25.7. The fraction of sp³-hybridized carbons (Fsp3) is 0.500. The topological polar surface area (TPSA) is 163 Å². The Morgan fingerprint density at radius 1 is 1.03 bits per heavy atom. The molecule has 194 valence electrons. The van der Waals surface area contributed by atoms with Gasteiger partial charge in [-0.05, 0) is 49.7 Å². The highest BCUT2D eigenvalue weighted by Crippen LogP contribution is 2.15. The molecule has 0 bridgehead atoms. The highest BCUT2D eigenvalue weighted by molar-refractivity contribution is 5.88. The summed E-state index contributed by atoms with van der Waals surface area (Å²) in [5, 5.41) is 11.7. The number of aliphatic hydroxyl groups excluding tert-OH is 1. The number of aromatic nitrogens is 2. The molecule has 1 unspecified atom stereocenters. The van der Waals surface area contributed by atoms with E-state index in [2.05, 4.69) is 15.2 Å². The average molecular weight is 499 g/mol. The minimum atomic E-state index is -0.952. The standard InChI is InChI=1S/C24H34N8O4/c25-18-5-8-29(9-6-18)15-17-1-3-19(4-2-17)32-10-7-21(28-24(32)36)27-23(35)31-13-11-30(12-14-31)22(34)20(26)16-33/h1-4,7,10,18,20,33H,5-6,8-9,11-16,25-26H2,(H,27,28,35,36). The van der Waals surface area contributed by atoms with Gasteiger partial charge in [0.2, 0.25) is 5.91 Å². The summed E-state index contributed by atoms with van der Waals surface area (Å²) < 4.78 is 1.42. The number of urea groups is 1. The highest BCUT2D eigenvalue weighted by Gasteiger charge is 2.27. The summed E-state index contributed by atoms with van der Waals surface area (Å²) in [7, 11) is 0. The summed E-state index contributed by atoms with van der Waals surface area (Å²) in [6, 6.07) is 8.30. The molecule has 36 heavy (non-hydrogen) atoms. The Bertz CT molecular complexity index is 1110. The molecular weight excluding hydrogens is 464 g/mol. The molecule has 0 radical (unpaired) electrons. The van der Waals surface area contributed by atoms with Crippen LogP contribution in [0.1, 0.15) is 18.4 Å². The van der Waals surface area contributed by atoms with Crippen molar-refractivity contribution < 1.29 is 14.7 Å². The van der Waals surface area contributed by atoms with Gasteiger partial charge in [0, 0.05) is 45.0 Å². The second-order valence-electron chi connectivity index (χ2n) is 9.28. The number of nitrogens with two attached hydrogens (primary N) is 2. The first-order valence-corrected chi connectivity index (χ1v) is 12.2. The van der Waals surface area contributed by atoms with E-state index in [1.165, 1.54) is 19.9 Å². The zero-order valence-electron chi connectivity index (χ0n) is 20.3. The first kappa shape index (κ1) is 25.8. The zero-order valence-corrected chi connectivity index (χ0v) is 20.3. The Balaban J connectivity index is 1.31. The Kier molecular flexibility index (Phi) is 8.31. The summed E-state index contributed by atoms with van der Waals surface area (Å²) in [5.74, 6) is -0.186. The van der Waals surface area contributed by atoms with Crippen LogP contribution in [-0.4, -0.2) is 99.3 Å². The van der Waals surface area contributed by atoms with Crippen LogP contribution < -0.4 is 22.5 Å². The molecule has 3 amide bonds. The third-order valence-electron chi connectivity index (χ3n) is 6.68. The van der Waals surface area contributed by atoms with Crippen molar-refractivity contribution >= 4 is 17.8 Å². The van der Waals surface area contributed by atoms with Crippen LogP contribution in [0.5, 0.6) is 0 Å². The van der Waals surface area contributed by atoms with Crippen molar-refractivity contribution in [1.29, 1.82) is 0 Å². The number of carbonyl (C=O) groups is 2. The molecule has 12 heteroatoms. The molecule has 2 saturated heterocycles. The number of likely N-dealkylation sites (tertiary alicyclic amines) is 1. The van der Waals surface area contributed by atoms with Gasteiger partial charge in [-0.3, -0.25) is 19.6 Å². The van der Waals surface area contributed by atoms with Crippen LogP contribution in [0.15, 0.2) is 41.3 Å². The third-order valence-corrected chi connectivity index (χ3v) is 6.68. The number of nitrogens with zero attached hydrogens (tertiary/aromatic N) is 5. The van der Waals surface area contributed by atoms with Crippen LogP contribution in [0, 0.1) is 0 Å². The van der Waals surface area contributed by atoms with Crippen molar-refractivity contribution in [3.05, 3.63) is 52.6 Å². The van der Waals surface area contributed by atoms with Crippen molar-refractivity contribution in [3.8, 4) is 5.69 Å². The minimum absolute atomic E-state index is 0.155. The number of rotatable bonds is 6. The number of aliphatic hydroxyl groups is 1. The van der Waals surface area contributed by atoms with Gasteiger partial charge in [0.05, 0.1) is 12.3 Å². The van der Waals surface area contributed by atoms with E-state index in [1.54, 1.807) is 12.3 Å². The maximum Gasteiger partial charge on any atom is 0.354 e. The maximum absolute atomic E-state index is 12.6. The summed E-state index contributed by atoms with van der Waals surface area (Å²) in [4.78, 5) is 46.8. The van der Waals surface area contributed by atoms with Crippen LogP contribution in [-0.2, 0) is 11.3 Å². The predicted molar refractivity (Wildman–Crippen MR) is 135 cm³/mol. The number of piperazine rings is 1. The van der Waals surface area contributed by atoms with Crippen LogP contribution in [0.25, 0.3) is 5.69 Å². The lowest BCUT2D eigenvalue weighted by atomic mass is 10.1. The van der Waals surface area contributed by atoms with Gasteiger partial charge in [-0.25, -0.2) is 9.59 Å². The van der Waals surface area contributed by atoms with Crippen LogP contribution in [0.2, 0.25) is 0 Å². The van der Waals surface area contributed by atoms with E-state index in [0.29, 0.717) is 37.9 Å². The van der Waals surface area contributed by atoms with Gasteiger partial charge in [0.25, 0.3) is 0 Å². The molecule has 2 fully saturated rings. The molecule has 0 aliphatic carbocycles. The van der Waals surface area contributed by atoms with Crippen LogP contribution >= 0.6 is 0 Å². The summed E-state index contributed by atoms with van der Waals surface area (Å²) in [6.07, 6.45) is 3.60. The number of piperidine rings is 1. The molecule has 1 aromatic carbocycles. The molecule has 0 saturated carbocycles. The number of hydrogen-bond acceptors (Lipinski definition) is 8. The SMILES string of the molecule is NC1CCN(Cc2ccc(-n3ccc(NC(=O)N4CCN(C(=O)C(N)CO)CC4)nc3=O)cc2)CC1. The molecule has 2 aliphatic heterocycles. The molecule has 6 N–H and O–H groups in total. The number of carbonyl (C=O) groups excluding carboxylic acids is 2. The summed E-state index contributed by atoms with van der Waals surface area (Å²) >= 11 is 0. The molecule has 12 nitrogen and oxygen atoms in total. The van der Waals surface area contributed by atoms with E-state index in [-0.39, 0.29) is 11.7 Å². The molecule has 2 aromatic rings. The van der Waals surface area contributed by atoms with Crippen molar-refractivity contribution in [2.24, 2.45) is 11.5 Å². The lowest BCUT2D eigenvalue weighted by molar-refractivity contribution is -0.134. The Hall–Kier alpha value is -3.32. The van der Waals surface area contributed by atoms with Crippen LogP contribution in [0.4, 0.5) is 10.6 Å². The first-order chi connectivity index (χ1) is 17.3. The van der Waals surface area contributed by atoms with Crippen molar-refractivity contribution in [2.75, 3.05) is 51.2 Å². The van der Waals surface area contributed by atoms with E-state index in [0.717, 1.165) is 32.5 Å². The lowest BCUT2D eigenvalue weighted by Crippen LogP contribution is -2.55.